The smallest absolute Gasteiger partial charge is 0.123 e. The van der Waals surface area contributed by atoms with Crippen LogP contribution < -0.4 is 9.47 Å². The third-order valence-electron chi connectivity index (χ3n) is 4.10. The summed E-state index contributed by atoms with van der Waals surface area (Å²) in [5, 5.41) is 1.53. The Bertz CT molecular complexity index is 461. The van der Waals surface area contributed by atoms with E-state index in [4.69, 9.17) is 9.47 Å². The van der Waals surface area contributed by atoms with Gasteiger partial charge in [-0.1, -0.05) is 71.9 Å². The molecule has 0 saturated carbocycles. The summed E-state index contributed by atoms with van der Waals surface area (Å²) in [4.78, 5) is 0. The van der Waals surface area contributed by atoms with Crippen LogP contribution in [0.4, 0.5) is 0 Å². The van der Waals surface area contributed by atoms with Gasteiger partial charge in [0.05, 0.1) is 13.7 Å². The van der Waals surface area contributed by atoms with Gasteiger partial charge in [-0.05, 0) is 30.4 Å². The highest BCUT2D eigenvalue weighted by atomic mass is 79.9. The van der Waals surface area contributed by atoms with Crippen molar-refractivity contribution < 1.29 is 9.47 Å². The van der Waals surface area contributed by atoms with E-state index in [1.165, 1.54) is 19.3 Å². The average Bonchev–Trinajstić information content (AvgIpc) is 2.53. The molecule has 0 radical (unpaired) electrons. The molecule has 2 nitrogen and oxygen atoms in total. The third kappa shape index (κ3) is 7.47. The second kappa shape index (κ2) is 11.4. The molecular weight excluding hydrogens is 420 g/mol. The molecule has 0 aliphatic rings. The molecule has 132 valence electrons. The van der Waals surface area contributed by atoms with Crippen molar-refractivity contribution in [2.24, 2.45) is 11.8 Å². The van der Waals surface area contributed by atoms with Crippen molar-refractivity contribution in [2.75, 3.05) is 13.7 Å². The van der Waals surface area contributed by atoms with E-state index in [2.05, 4.69) is 64.8 Å². The van der Waals surface area contributed by atoms with Crippen molar-refractivity contribution in [1.29, 1.82) is 0 Å². The maximum absolute atomic E-state index is 6.06. The largest absolute Gasteiger partial charge is 0.496 e. The van der Waals surface area contributed by atoms with Crippen molar-refractivity contribution in [2.45, 2.75) is 57.1 Å². The first-order valence-electron chi connectivity index (χ1n) is 8.46. The molecule has 0 N–H and O–H groups in total. The van der Waals surface area contributed by atoms with Crippen LogP contribution in [0.5, 0.6) is 11.5 Å². The molecule has 1 aromatic rings. The monoisotopic (exact) mass is 448 g/mol. The summed E-state index contributed by atoms with van der Waals surface area (Å²) in [5.41, 5.74) is 2.26. The lowest BCUT2D eigenvalue weighted by molar-refractivity contribution is 0.273. The van der Waals surface area contributed by atoms with E-state index >= 15 is 0 Å². The Hall–Kier alpha value is -0.220. The lowest BCUT2D eigenvalue weighted by Crippen LogP contribution is -2.06. The van der Waals surface area contributed by atoms with Crippen LogP contribution in [0.15, 0.2) is 12.1 Å². The number of alkyl halides is 2. The minimum absolute atomic E-state index is 0.718. The highest BCUT2D eigenvalue weighted by molar-refractivity contribution is 9.08. The van der Waals surface area contributed by atoms with Gasteiger partial charge in [-0.15, -0.1) is 0 Å². The minimum Gasteiger partial charge on any atom is -0.496 e. The van der Waals surface area contributed by atoms with Crippen molar-refractivity contribution in [3.8, 4) is 11.5 Å². The first-order chi connectivity index (χ1) is 11.0. The highest BCUT2D eigenvalue weighted by Gasteiger charge is 2.11. The van der Waals surface area contributed by atoms with Gasteiger partial charge < -0.3 is 9.47 Å². The van der Waals surface area contributed by atoms with Gasteiger partial charge in [-0.25, -0.2) is 0 Å². The van der Waals surface area contributed by atoms with E-state index < -0.39 is 0 Å². The molecule has 0 saturated heterocycles. The van der Waals surface area contributed by atoms with Crippen molar-refractivity contribution in [3.05, 3.63) is 23.3 Å². The Morgan fingerprint density at radius 1 is 0.913 bits per heavy atom. The zero-order chi connectivity index (χ0) is 17.2. The fourth-order valence-electron chi connectivity index (χ4n) is 2.57. The molecule has 0 spiro atoms. The number of methoxy groups -OCH3 is 1. The lowest BCUT2D eigenvalue weighted by Gasteiger charge is -2.16. The number of rotatable bonds is 11. The van der Waals surface area contributed by atoms with Gasteiger partial charge >= 0.3 is 0 Å². The Kier molecular flexibility index (Phi) is 10.3. The van der Waals surface area contributed by atoms with Crippen LogP contribution in [0.25, 0.3) is 0 Å². The fourth-order valence-corrected chi connectivity index (χ4v) is 3.44. The molecule has 0 unspecified atom stereocenters. The molecule has 0 bridgehead atoms. The van der Waals surface area contributed by atoms with Crippen LogP contribution >= 0.6 is 31.9 Å². The molecule has 4 heteroatoms. The van der Waals surface area contributed by atoms with E-state index in [1.807, 2.05) is 0 Å². The number of benzene rings is 1. The molecule has 0 aliphatic carbocycles. The molecule has 0 aromatic heterocycles. The van der Waals surface area contributed by atoms with Crippen molar-refractivity contribution >= 4 is 31.9 Å². The van der Waals surface area contributed by atoms with Gasteiger partial charge in [-0.3, -0.25) is 0 Å². The first-order valence-corrected chi connectivity index (χ1v) is 10.7. The first kappa shape index (κ1) is 20.8. The summed E-state index contributed by atoms with van der Waals surface area (Å²) in [6.45, 7) is 7.69. The Morgan fingerprint density at radius 2 is 1.52 bits per heavy atom. The summed E-state index contributed by atoms with van der Waals surface area (Å²) in [6, 6.07) is 4.15. The predicted molar refractivity (Wildman–Crippen MR) is 106 cm³/mol. The van der Waals surface area contributed by atoms with Crippen LogP contribution in [-0.2, 0) is 10.7 Å². The summed E-state index contributed by atoms with van der Waals surface area (Å²) in [7, 11) is 1.71. The molecule has 1 rings (SSSR count). The molecule has 23 heavy (non-hydrogen) atoms. The van der Waals surface area contributed by atoms with Gasteiger partial charge in [0.15, 0.2) is 0 Å². The van der Waals surface area contributed by atoms with Crippen LogP contribution in [0.3, 0.4) is 0 Å². The second-order valence-electron chi connectivity index (χ2n) is 6.61. The summed E-state index contributed by atoms with van der Waals surface area (Å²) >= 11 is 7.05. The highest BCUT2D eigenvalue weighted by Crippen LogP contribution is 2.32. The topological polar surface area (TPSA) is 18.5 Å². The second-order valence-corrected chi connectivity index (χ2v) is 7.73. The summed E-state index contributed by atoms with van der Waals surface area (Å²) in [5.74, 6) is 3.40. The molecule has 0 aliphatic heterocycles. The van der Waals surface area contributed by atoms with E-state index in [1.54, 1.807) is 7.11 Å². The van der Waals surface area contributed by atoms with Crippen LogP contribution in [0, 0.1) is 11.8 Å². The number of halogens is 2. The normalized spacial score (nSPS) is 12.5. The lowest BCUT2D eigenvalue weighted by atomic mass is 9.98. The van der Waals surface area contributed by atoms with Gasteiger partial charge in [0, 0.05) is 21.8 Å². The van der Waals surface area contributed by atoms with Crippen LogP contribution in [-0.4, -0.2) is 13.7 Å². The zero-order valence-corrected chi connectivity index (χ0v) is 18.0. The number of hydrogen-bond acceptors (Lipinski definition) is 2. The van der Waals surface area contributed by atoms with Gasteiger partial charge in [0.2, 0.25) is 0 Å². The van der Waals surface area contributed by atoms with Gasteiger partial charge in [0.1, 0.15) is 11.5 Å². The van der Waals surface area contributed by atoms with E-state index in [-0.39, 0.29) is 0 Å². The molecule has 1 aromatic carbocycles. The fraction of sp³-hybridized carbons (Fsp3) is 0.684. The molecule has 0 amide bonds. The average molecular weight is 450 g/mol. The van der Waals surface area contributed by atoms with E-state index in [0.717, 1.165) is 58.1 Å². The molecule has 1 atom stereocenters. The Labute approximate surface area is 158 Å². The minimum atomic E-state index is 0.718. The zero-order valence-electron chi connectivity index (χ0n) is 14.8. The number of hydrogen-bond donors (Lipinski definition) is 0. The van der Waals surface area contributed by atoms with E-state index in [0.29, 0.717) is 0 Å². The summed E-state index contributed by atoms with van der Waals surface area (Å²) in [6.07, 6.45) is 5.05. The molecule has 0 heterocycles. The third-order valence-corrected chi connectivity index (χ3v) is 5.31. The maximum atomic E-state index is 6.06. The van der Waals surface area contributed by atoms with Gasteiger partial charge in [-0.2, -0.15) is 0 Å². The standard InChI is InChI=1S/C19H30Br2O2/c1-14(2)6-5-7-15(3)8-9-23-19-11-16(12-20)18(22-4)10-17(19)13-21/h10-11,14-15H,5-9,12-13H2,1-4H3/t15-/m1/s1. The van der Waals surface area contributed by atoms with Crippen molar-refractivity contribution in [1.82, 2.24) is 0 Å². The van der Waals surface area contributed by atoms with E-state index in [9.17, 15) is 0 Å². The summed E-state index contributed by atoms with van der Waals surface area (Å²) < 4.78 is 11.5. The van der Waals surface area contributed by atoms with Crippen molar-refractivity contribution in [3.63, 3.8) is 0 Å². The molecule has 0 fully saturated rings. The maximum Gasteiger partial charge on any atom is 0.123 e. The quantitative estimate of drug-likeness (QED) is 0.349. The van der Waals surface area contributed by atoms with Crippen LogP contribution in [0.1, 0.15) is 57.6 Å². The Balaban J connectivity index is 2.53. The van der Waals surface area contributed by atoms with Crippen LogP contribution in [0.2, 0.25) is 0 Å². The predicted octanol–water partition coefficient (Wildman–Crippen LogP) is 6.72. The molecular formula is C19H30Br2O2. The number of ether oxygens (including phenoxy) is 2. The SMILES string of the molecule is COc1cc(CBr)c(OCC[C@H](C)CCCC(C)C)cc1CBr. The Morgan fingerprint density at radius 3 is 2.09 bits per heavy atom. The van der Waals surface area contributed by atoms with Gasteiger partial charge in [0.25, 0.3) is 0 Å².